The molecule has 0 spiro atoms. The first-order valence-electron chi connectivity index (χ1n) is 6.70. The van der Waals surface area contributed by atoms with Gasteiger partial charge in [-0.15, -0.1) is 0 Å². The summed E-state index contributed by atoms with van der Waals surface area (Å²) < 4.78 is 20.3. The maximum Gasteiger partial charge on any atom is 0.191 e. The van der Waals surface area contributed by atoms with Crippen LogP contribution < -0.4 is 15.2 Å². The number of carbonyl (C=O) groups excluding carboxylic acids is 1. The Bertz CT molecular complexity index is 540. The maximum atomic E-state index is 14.7. The second-order valence-electron chi connectivity index (χ2n) is 5.32. The fourth-order valence-electron chi connectivity index (χ4n) is 2.90. The Balaban J connectivity index is 2.06. The van der Waals surface area contributed by atoms with Gasteiger partial charge in [-0.25, -0.2) is 4.39 Å². The lowest BCUT2D eigenvalue weighted by Crippen LogP contribution is -2.46. The molecular weight excluding hydrogens is 263 g/mol. The summed E-state index contributed by atoms with van der Waals surface area (Å²) in [5.41, 5.74) is 3.96. The minimum absolute atomic E-state index is 0.00931. The van der Waals surface area contributed by atoms with Crippen molar-refractivity contribution >= 4 is 12.0 Å². The molecule has 5 nitrogen and oxygen atoms in total. The maximum absolute atomic E-state index is 14.7. The number of ether oxygens (including phenoxy) is 1. The third-order valence-electron chi connectivity index (χ3n) is 3.60. The molecule has 0 aliphatic carbocycles. The zero-order chi connectivity index (χ0) is 14.3. The lowest BCUT2D eigenvalue weighted by Gasteiger charge is -2.37. The van der Waals surface area contributed by atoms with Gasteiger partial charge in [-0.05, 0) is 19.9 Å². The number of fused-ring (bicyclic) bond motifs is 1. The van der Waals surface area contributed by atoms with E-state index in [-0.39, 0.29) is 18.0 Å². The quantitative estimate of drug-likeness (QED) is 0.835. The summed E-state index contributed by atoms with van der Waals surface area (Å²) in [5.74, 6) is -0.284. The van der Waals surface area contributed by atoms with Crippen LogP contribution in [0, 0.1) is 5.82 Å². The molecule has 2 aliphatic heterocycles. The van der Waals surface area contributed by atoms with Crippen molar-refractivity contribution in [3.63, 3.8) is 0 Å². The van der Waals surface area contributed by atoms with Crippen LogP contribution in [-0.4, -0.2) is 31.6 Å². The van der Waals surface area contributed by atoms with Gasteiger partial charge in [0.25, 0.3) is 0 Å². The van der Waals surface area contributed by atoms with E-state index in [9.17, 15) is 9.18 Å². The van der Waals surface area contributed by atoms with Gasteiger partial charge in [0.15, 0.2) is 17.9 Å². The Morgan fingerprint density at radius 2 is 2.10 bits per heavy atom. The number of hydrogen-bond donors (Lipinski definition) is 1. The van der Waals surface area contributed by atoms with Crippen molar-refractivity contribution in [1.29, 1.82) is 0 Å². The second-order valence-corrected chi connectivity index (χ2v) is 5.32. The smallest absolute Gasteiger partial charge is 0.191 e. The van der Waals surface area contributed by atoms with E-state index in [2.05, 4.69) is 5.48 Å². The number of anilines is 1. The molecule has 0 radical (unpaired) electrons. The van der Waals surface area contributed by atoms with Gasteiger partial charge in [-0.2, -0.15) is 5.48 Å². The van der Waals surface area contributed by atoms with E-state index in [1.54, 1.807) is 6.07 Å². The van der Waals surface area contributed by atoms with E-state index >= 15 is 0 Å². The van der Waals surface area contributed by atoms with E-state index in [0.29, 0.717) is 42.7 Å². The zero-order valence-corrected chi connectivity index (χ0v) is 11.5. The topological polar surface area (TPSA) is 50.8 Å². The number of rotatable bonds is 2. The molecule has 1 aromatic rings. The molecule has 2 atom stereocenters. The summed E-state index contributed by atoms with van der Waals surface area (Å²) in [4.78, 5) is 18.3. The van der Waals surface area contributed by atoms with Crippen LogP contribution in [0.3, 0.4) is 0 Å². The number of halogens is 1. The molecule has 2 aliphatic rings. The predicted molar refractivity (Wildman–Crippen MR) is 71.5 cm³/mol. The number of aldehydes is 1. The summed E-state index contributed by atoms with van der Waals surface area (Å²) in [6.07, 6.45) is 0.678. The van der Waals surface area contributed by atoms with E-state index in [0.717, 1.165) is 0 Å². The van der Waals surface area contributed by atoms with Crippen LogP contribution >= 0.6 is 0 Å². The van der Waals surface area contributed by atoms with Gasteiger partial charge in [0, 0.05) is 24.2 Å². The monoisotopic (exact) mass is 280 g/mol. The van der Waals surface area contributed by atoms with Gasteiger partial charge < -0.3 is 14.5 Å². The Labute approximate surface area is 116 Å². The number of nitrogens with one attached hydrogen (secondary N) is 1. The highest BCUT2D eigenvalue weighted by Gasteiger charge is 2.30. The Kier molecular flexibility index (Phi) is 3.35. The van der Waals surface area contributed by atoms with Crippen LogP contribution in [0.25, 0.3) is 0 Å². The van der Waals surface area contributed by atoms with Gasteiger partial charge in [0.2, 0.25) is 0 Å². The number of benzene rings is 1. The summed E-state index contributed by atoms with van der Waals surface area (Å²) in [5, 5.41) is 0. The fraction of sp³-hybridized carbons (Fsp3) is 0.500. The van der Waals surface area contributed by atoms with Crippen LogP contribution in [0.2, 0.25) is 0 Å². The molecule has 20 heavy (non-hydrogen) atoms. The van der Waals surface area contributed by atoms with Crippen molar-refractivity contribution in [2.45, 2.75) is 32.6 Å². The number of hydrogen-bond acceptors (Lipinski definition) is 5. The van der Waals surface area contributed by atoms with Crippen LogP contribution in [0.15, 0.2) is 6.07 Å². The van der Waals surface area contributed by atoms with Gasteiger partial charge in [0.05, 0.1) is 24.4 Å². The number of hydroxylamine groups is 1. The fourth-order valence-corrected chi connectivity index (χ4v) is 2.90. The minimum Gasteiger partial charge on any atom is -0.405 e. The van der Waals surface area contributed by atoms with E-state index in [4.69, 9.17) is 9.57 Å². The lowest BCUT2D eigenvalue weighted by atomic mass is 10.0. The Morgan fingerprint density at radius 3 is 2.75 bits per heavy atom. The van der Waals surface area contributed by atoms with Crippen molar-refractivity contribution < 1.29 is 18.8 Å². The standard InChI is InChI=1S/C14H17FN2O3/c1-8-5-17(6-9(2)19-8)13-11(7-18)3-10-4-16-20-14(10)12(13)15/h3,7-9,16H,4-6H2,1-2H3/t8-,9+. The Morgan fingerprint density at radius 1 is 1.40 bits per heavy atom. The van der Waals surface area contributed by atoms with E-state index < -0.39 is 5.82 Å². The summed E-state index contributed by atoms with van der Waals surface area (Å²) in [7, 11) is 0. The van der Waals surface area contributed by atoms with Crippen molar-refractivity contribution in [2.24, 2.45) is 0 Å². The Hall–Kier alpha value is -1.66. The number of nitrogens with zero attached hydrogens (tertiary/aromatic N) is 1. The highest BCUT2D eigenvalue weighted by Crippen LogP contribution is 2.37. The van der Waals surface area contributed by atoms with Crippen LogP contribution in [0.5, 0.6) is 5.75 Å². The zero-order valence-electron chi connectivity index (χ0n) is 11.5. The second kappa shape index (κ2) is 5.03. The molecule has 1 aromatic carbocycles. The average molecular weight is 280 g/mol. The molecule has 0 unspecified atom stereocenters. The summed E-state index contributed by atoms with van der Waals surface area (Å²) >= 11 is 0. The molecular formula is C14H17FN2O3. The summed E-state index contributed by atoms with van der Waals surface area (Å²) in [6, 6.07) is 1.69. The summed E-state index contributed by atoms with van der Waals surface area (Å²) in [6.45, 7) is 5.38. The van der Waals surface area contributed by atoms with Crippen molar-refractivity contribution in [1.82, 2.24) is 5.48 Å². The van der Waals surface area contributed by atoms with E-state index in [1.165, 1.54) is 0 Å². The minimum atomic E-state index is -0.476. The van der Waals surface area contributed by atoms with Crippen molar-refractivity contribution in [3.8, 4) is 5.75 Å². The first-order chi connectivity index (χ1) is 9.60. The normalized spacial score (nSPS) is 25.2. The van der Waals surface area contributed by atoms with Gasteiger partial charge in [-0.1, -0.05) is 0 Å². The van der Waals surface area contributed by atoms with Crippen LogP contribution in [0.1, 0.15) is 29.8 Å². The van der Waals surface area contributed by atoms with Gasteiger partial charge >= 0.3 is 0 Å². The molecule has 0 bridgehead atoms. The van der Waals surface area contributed by atoms with Crippen LogP contribution in [-0.2, 0) is 11.3 Å². The average Bonchev–Trinajstić information content (AvgIpc) is 2.85. The number of morpholine rings is 1. The molecule has 1 N–H and O–H groups in total. The first-order valence-corrected chi connectivity index (χ1v) is 6.70. The third kappa shape index (κ3) is 2.14. The van der Waals surface area contributed by atoms with Crippen LogP contribution in [0.4, 0.5) is 10.1 Å². The third-order valence-corrected chi connectivity index (χ3v) is 3.60. The molecule has 0 saturated carbocycles. The lowest BCUT2D eigenvalue weighted by molar-refractivity contribution is -0.00546. The molecule has 2 heterocycles. The highest BCUT2D eigenvalue weighted by atomic mass is 19.1. The molecule has 108 valence electrons. The molecule has 0 amide bonds. The largest absolute Gasteiger partial charge is 0.405 e. The van der Waals surface area contributed by atoms with Crippen molar-refractivity contribution in [3.05, 3.63) is 23.0 Å². The number of carbonyl (C=O) groups is 1. The highest BCUT2D eigenvalue weighted by molar-refractivity contribution is 5.86. The predicted octanol–water partition coefficient (Wildman–Crippen LogP) is 1.65. The van der Waals surface area contributed by atoms with Crippen molar-refractivity contribution in [2.75, 3.05) is 18.0 Å². The molecule has 6 heteroatoms. The van der Waals surface area contributed by atoms with Gasteiger partial charge in [-0.3, -0.25) is 4.79 Å². The van der Waals surface area contributed by atoms with E-state index in [1.807, 2.05) is 18.7 Å². The SMILES string of the molecule is C[C@@H]1CN(c2c(C=O)cc3c(c2F)ONC3)C[C@H](C)O1. The molecule has 3 rings (SSSR count). The van der Waals surface area contributed by atoms with Gasteiger partial charge in [0.1, 0.15) is 0 Å². The molecule has 1 saturated heterocycles. The molecule has 1 fully saturated rings. The molecule has 0 aromatic heterocycles. The first kappa shape index (κ1) is 13.3.